The summed E-state index contributed by atoms with van der Waals surface area (Å²) in [6.45, 7) is 0. The molecule has 0 fully saturated rings. The number of benzene rings is 2. The fourth-order valence-electron chi connectivity index (χ4n) is 3.28. The van der Waals surface area contributed by atoms with Gasteiger partial charge in [-0.1, -0.05) is 36.4 Å². The highest BCUT2D eigenvalue weighted by molar-refractivity contribution is 6.09. The van der Waals surface area contributed by atoms with Gasteiger partial charge in [0.2, 0.25) is 0 Å². The number of pyridine rings is 1. The number of H-pyrrole nitrogens is 1. The van der Waals surface area contributed by atoms with Crippen molar-refractivity contribution in [1.82, 2.24) is 9.97 Å². The molecule has 0 unspecified atom stereocenters. The van der Waals surface area contributed by atoms with Gasteiger partial charge in [-0.3, -0.25) is 4.98 Å². The second-order valence-corrected chi connectivity index (χ2v) is 5.51. The minimum Gasteiger partial charge on any atom is -0.354 e. The lowest BCUT2D eigenvalue weighted by Gasteiger charge is -2.09. The van der Waals surface area contributed by atoms with Crippen molar-refractivity contribution in [2.24, 2.45) is 0 Å². The Morgan fingerprint density at radius 3 is 2.36 bits per heavy atom. The number of para-hydroxylation sites is 2. The third-order valence-corrected chi connectivity index (χ3v) is 4.26. The van der Waals surface area contributed by atoms with Crippen LogP contribution in [-0.4, -0.2) is 9.97 Å². The van der Waals surface area contributed by atoms with Crippen LogP contribution in [0.25, 0.3) is 33.3 Å². The van der Waals surface area contributed by atoms with Gasteiger partial charge in [-0.15, -0.1) is 0 Å². The van der Waals surface area contributed by atoms with E-state index in [1.165, 1.54) is 16.7 Å². The van der Waals surface area contributed by atoms with Crippen molar-refractivity contribution in [3.05, 3.63) is 67.0 Å². The quantitative estimate of drug-likeness (QED) is 0.422. The zero-order valence-corrected chi connectivity index (χ0v) is 11.8. The lowest BCUT2D eigenvalue weighted by molar-refractivity contribution is 1.35. The molecule has 0 spiro atoms. The Labute approximate surface area is 127 Å². The number of aromatic nitrogens is 2. The average molecular weight is 283 g/mol. The fraction of sp³-hybridized carbons (Fsp3) is 0. The number of anilines is 2. The molecule has 2 aromatic carbocycles. The minimum atomic E-state index is 1.12. The van der Waals surface area contributed by atoms with E-state index in [1.807, 2.05) is 18.5 Å². The molecule has 3 heteroatoms. The van der Waals surface area contributed by atoms with Gasteiger partial charge in [-0.25, -0.2) is 0 Å². The average Bonchev–Trinajstić information content (AvgIpc) is 2.89. The van der Waals surface area contributed by atoms with Gasteiger partial charge in [0.05, 0.1) is 5.69 Å². The van der Waals surface area contributed by atoms with Gasteiger partial charge >= 0.3 is 0 Å². The molecule has 2 aromatic heterocycles. The first-order valence-electron chi connectivity index (χ1n) is 7.33. The summed E-state index contributed by atoms with van der Waals surface area (Å²) in [5.41, 5.74) is 8.11. The number of hydrogen-bond donors (Lipinski definition) is 2. The smallest absolute Gasteiger partial charge is 0.0566 e. The van der Waals surface area contributed by atoms with Crippen LogP contribution in [0.3, 0.4) is 0 Å². The van der Waals surface area contributed by atoms with Crippen molar-refractivity contribution in [1.29, 1.82) is 0 Å². The van der Waals surface area contributed by atoms with Crippen molar-refractivity contribution in [3.8, 4) is 22.4 Å². The molecular formula is C19H13N3. The summed E-state index contributed by atoms with van der Waals surface area (Å²) >= 11 is 0. The van der Waals surface area contributed by atoms with Crippen molar-refractivity contribution >= 4 is 22.3 Å². The first-order valence-corrected chi connectivity index (χ1v) is 7.33. The molecule has 104 valence electrons. The van der Waals surface area contributed by atoms with Crippen LogP contribution >= 0.6 is 0 Å². The first-order chi connectivity index (χ1) is 10.9. The van der Waals surface area contributed by atoms with Gasteiger partial charge in [-0.2, -0.15) is 0 Å². The van der Waals surface area contributed by atoms with Crippen LogP contribution in [0.4, 0.5) is 11.4 Å². The summed E-state index contributed by atoms with van der Waals surface area (Å²) in [6.07, 6.45) is 3.77. The van der Waals surface area contributed by atoms with Crippen molar-refractivity contribution in [2.75, 3.05) is 5.32 Å². The maximum absolute atomic E-state index is 4.31. The van der Waals surface area contributed by atoms with Gasteiger partial charge in [-0.05, 0) is 18.2 Å². The second kappa shape index (κ2) is 4.21. The van der Waals surface area contributed by atoms with Gasteiger partial charge in [0.1, 0.15) is 0 Å². The molecule has 0 saturated carbocycles. The lowest BCUT2D eigenvalue weighted by Crippen LogP contribution is -1.91. The molecule has 3 nitrogen and oxygen atoms in total. The van der Waals surface area contributed by atoms with Crippen LogP contribution in [0.15, 0.2) is 67.0 Å². The lowest BCUT2D eigenvalue weighted by atomic mass is 9.99. The number of nitrogens with zero attached hydrogens (tertiary/aromatic N) is 1. The summed E-state index contributed by atoms with van der Waals surface area (Å²) in [5.74, 6) is 0. The van der Waals surface area contributed by atoms with Gasteiger partial charge < -0.3 is 10.3 Å². The summed E-state index contributed by atoms with van der Waals surface area (Å²) in [7, 11) is 0. The molecule has 22 heavy (non-hydrogen) atoms. The molecule has 0 saturated heterocycles. The van der Waals surface area contributed by atoms with E-state index in [0.29, 0.717) is 0 Å². The Hall–Kier alpha value is -3.07. The highest BCUT2D eigenvalue weighted by Gasteiger charge is 2.22. The third-order valence-electron chi connectivity index (χ3n) is 4.26. The Kier molecular flexibility index (Phi) is 2.22. The first kappa shape index (κ1) is 11.6. The molecular weight excluding hydrogens is 270 g/mol. The van der Waals surface area contributed by atoms with Crippen LogP contribution in [0.5, 0.6) is 0 Å². The van der Waals surface area contributed by atoms with E-state index >= 15 is 0 Å². The zero-order valence-electron chi connectivity index (χ0n) is 11.8. The molecule has 5 rings (SSSR count). The van der Waals surface area contributed by atoms with Crippen LogP contribution in [0, 0.1) is 0 Å². The van der Waals surface area contributed by atoms with E-state index in [1.54, 1.807) is 0 Å². The number of rotatable bonds is 0. The van der Waals surface area contributed by atoms with Crippen LogP contribution in [-0.2, 0) is 0 Å². The molecule has 2 N–H and O–H groups in total. The number of nitrogens with one attached hydrogen (secondary N) is 2. The standard InChI is InChI=1S/C19H13N3/c1-3-7-15-12(5-1)18-14-11-20-10-9-17(14)22-19(18)13-6-2-4-8-16(13)21-15/h1-11,21-22H. The largest absolute Gasteiger partial charge is 0.354 e. The van der Waals surface area contributed by atoms with Crippen molar-refractivity contribution in [2.45, 2.75) is 0 Å². The maximum atomic E-state index is 4.31. The van der Waals surface area contributed by atoms with E-state index < -0.39 is 0 Å². The van der Waals surface area contributed by atoms with Crippen LogP contribution < -0.4 is 5.32 Å². The molecule has 0 aliphatic carbocycles. The highest BCUT2D eigenvalue weighted by Crippen LogP contribution is 2.46. The summed E-state index contributed by atoms with van der Waals surface area (Å²) in [6, 6.07) is 18.9. The van der Waals surface area contributed by atoms with E-state index in [2.05, 4.69) is 63.8 Å². The van der Waals surface area contributed by atoms with Crippen molar-refractivity contribution in [3.63, 3.8) is 0 Å². The Bertz CT molecular complexity index is 1010. The molecule has 1 aliphatic heterocycles. The number of aromatic amines is 1. The molecule has 0 atom stereocenters. The normalized spacial score (nSPS) is 12.0. The zero-order chi connectivity index (χ0) is 14.5. The second-order valence-electron chi connectivity index (χ2n) is 5.51. The predicted octanol–water partition coefficient (Wildman–Crippen LogP) is 4.95. The molecule has 4 aromatic rings. The summed E-state index contributed by atoms with van der Waals surface area (Å²) in [4.78, 5) is 7.89. The van der Waals surface area contributed by atoms with Gasteiger partial charge in [0.25, 0.3) is 0 Å². The Morgan fingerprint density at radius 2 is 1.50 bits per heavy atom. The number of hydrogen-bond acceptors (Lipinski definition) is 2. The summed E-state index contributed by atoms with van der Waals surface area (Å²) < 4.78 is 0. The van der Waals surface area contributed by atoms with Crippen LogP contribution in [0.1, 0.15) is 0 Å². The van der Waals surface area contributed by atoms with E-state index in [0.717, 1.165) is 28.0 Å². The van der Waals surface area contributed by atoms with Crippen LogP contribution in [0.2, 0.25) is 0 Å². The van der Waals surface area contributed by atoms with Gasteiger partial charge in [0.15, 0.2) is 0 Å². The topological polar surface area (TPSA) is 40.7 Å². The third kappa shape index (κ3) is 1.48. The SMILES string of the molecule is c1ccc2c(c1)Nc1ccccc1-c1c-2[nH]c2ccncc12. The fourth-order valence-corrected chi connectivity index (χ4v) is 3.28. The monoisotopic (exact) mass is 283 g/mol. The maximum Gasteiger partial charge on any atom is 0.0566 e. The summed E-state index contributed by atoms with van der Waals surface area (Å²) in [5, 5.41) is 4.72. The number of fused-ring (bicyclic) bond motifs is 7. The van der Waals surface area contributed by atoms with Gasteiger partial charge in [0, 0.05) is 51.4 Å². The molecule has 0 radical (unpaired) electrons. The molecule has 3 heterocycles. The molecule has 0 bridgehead atoms. The minimum absolute atomic E-state index is 1.12. The van der Waals surface area contributed by atoms with E-state index in [4.69, 9.17) is 0 Å². The van der Waals surface area contributed by atoms with E-state index in [9.17, 15) is 0 Å². The van der Waals surface area contributed by atoms with E-state index in [-0.39, 0.29) is 0 Å². The highest BCUT2D eigenvalue weighted by atomic mass is 14.9. The Balaban J connectivity index is 2.00. The van der Waals surface area contributed by atoms with Crippen molar-refractivity contribution < 1.29 is 0 Å². The molecule has 0 amide bonds. The predicted molar refractivity (Wildman–Crippen MR) is 90.2 cm³/mol. The molecule has 1 aliphatic rings. The Morgan fingerprint density at radius 1 is 0.773 bits per heavy atom.